The first-order chi connectivity index (χ1) is 16.5. The van der Waals surface area contributed by atoms with Crippen LogP contribution < -0.4 is 14.8 Å². The summed E-state index contributed by atoms with van der Waals surface area (Å²) >= 11 is 0. The van der Waals surface area contributed by atoms with E-state index in [4.69, 9.17) is 9.47 Å². The van der Waals surface area contributed by atoms with Gasteiger partial charge in [0.25, 0.3) is 5.91 Å². The lowest BCUT2D eigenvalue weighted by atomic mass is 10.1. The van der Waals surface area contributed by atoms with Crippen molar-refractivity contribution in [1.82, 2.24) is 20.1 Å². The molecule has 7 nitrogen and oxygen atoms in total. The monoisotopic (exact) mass is 456 g/mol. The molecule has 1 N–H and O–H groups in total. The molecular weight excluding hydrogens is 428 g/mol. The van der Waals surface area contributed by atoms with E-state index in [0.717, 1.165) is 22.4 Å². The van der Waals surface area contributed by atoms with Crippen molar-refractivity contribution in [2.24, 2.45) is 0 Å². The lowest BCUT2D eigenvalue weighted by molar-refractivity contribution is 0.0949. The van der Waals surface area contributed by atoms with E-state index in [0.29, 0.717) is 42.5 Å². The fourth-order valence-corrected chi connectivity index (χ4v) is 3.79. The van der Waals surface area contributed by atoms with Gasteiger partial charge in [-0.05, 0) is 54.8 Å². The highest BCUT2D eigenvalue weighted by molar-refractivity contribution is 5.96. The minimum Gasteiger partial charge on any atom is -0.493 e. The summed E-state index contributed by atoms with van der Waals surface area (Å²) in [5.74, 6) is 1.11. The number of hydrogen-bond donors (Lipinski definition) is 1. The van der Waals surface area contributed by atoms with Crippen molar-refractivity contribution in [3.63, 3.8) is 0 Å². The Morgan fingerprint density at radius 2 is 1.71 bits per heavy atom. The smallest absolute Gasteiger partial charge is 0.255 e. The predicted molar refractivity (Wildman–Crippen MR) is 130 cm³/mol. The minimum atomic E-state index is -0.147. The van der Waals surface area contributed by atoms with Crippen LogP contribution in [0, 0.1) is 13.8 Å². The molecule has 1 amide bonds. The molecule has 0 unspecified atom stereocenters. The average molecular weight is 457 g/mol. The number of rotatable bonds is 9. The lowest BCUT2D eigenvalue weighted by Crippen LogP contribution is -2.24. The zero-order valence-electron chi connectivity index (χ0n) is 19.6. The van der Waals surface area contributed by atoms with Crippen LogP contribution in [0.25, 0.3) is 0 Å². The van der Waals surface area contributed by atoms with Gasteiger partial charge in [0.2, 0.25) is 0 Å². The lowest BCUT2D eigenvalue weighted by Gasteiger charge is -2.13. The first-order valence-corrected chi connectivity index (χ1v) is 11.1. The SMILES string of the molecule is COc1cc(CNC(=O)c2c(C)nn(Cc3ccccc3)c2C)ccc1OCc1ccncc1. The van der Waals surface area contributed by atoms with Gasteiger partial charge in [0.1, 0.15) is 6.61 Å². The van der Waals surface area contributed by atoms with Crippen molar-refractivity contribution in [3.8, 4) is 11.5 Å². The van der Waals surface area contributed by atoms with Crippen LogP contribution in [0.15, 0.2) is 73.1 Å². The van der Waals surface area contributed by atoms with E-state index >= 15 is 0 Å². The van der Waals surface area contributed by atoms with Crippen LogP contribution in [0.1, 0.15) is 38.4 Å². The molecule has 0 spiro atoms. The van der Waals surface area contributed by atoms with Gasteiger partial charge in [-0.3, -0.25) is 14.5 Å². The molecule has 2 aromatic carbocycles. The Kier molecular flexibility index (Phi) is 7.22. The number of carbonyl (C=O) groups excluding carboxylic acids is 1. The molecule has 4 rings (SSSR count). The number of methoxy groups -OCH3 is 1. The van der Waals surface area contributed by atoms with Crippen molar-refractivity contribution in [1.29, 1.82) is 0 Å². The third kappa shape index (κ3) is 5.43. The van der Waals surface area contributed by atoms with Crippen LogP contribution in [-0.4, -0.2) is 27.8 Å². The van der Waals surface area contributed by atoms with E-state index in [-0.39, 0.29) is 5.91 Å². The molecule has 0 aliphatic rings. The molecule has 0 saturated carbocycles. The van der Waals surface area contributed by atoms with Crippen LogP contribution >= 0.6 is 0 Å². The fourth-order valence-electron chi connectivity index (χ4n) is 3.79. The number of ether oxygens (including phenoxy) is 2. The van der Waals surface area contributed by atoms with Gasteiger partial charge in [-0.2, -0.15) is 5.10 Å². The first-order valence-electron chi connectivity index (χ1n) is 11.1. The number of carbonyl (C=O) groups is 1. The predicted octanol–water partition coefficient (Wildman–Crippen LogP) is 4.46. The Bertz CT molecular complexity index is 1250. The van der Waals surface area contributed by atoms with E-state index in [1.54, 1.807) is 19.5 Å². The van der Waals surface area contributed by atoms with Gasteiger partial charge in [0.15, 0.2) is 11.5 Å². The second-order valence-corrected chi connectivity index (χ2v) is 8.00. The molecule has 0 aliphatic carbocycles. The van der Waals surface area contributed by atoms with Crippen molar-refractivity contribution >= 4 is 5.91 Å². The molecule has 34 heavy (non-hydrogen) atoms. The molecule has 7 heteroatoms. The summed E-state index contributed by atoms with van der Waals surface area (Å²) in [5, 5.41) is 7.59. The van der Waals surface area contributed by atoms with Crippen molar-refractivity contribution in [2.45, 2.75) is 33.5 Å². The summed E-state index contributed by atoms with van der Waals surface area (Å²) < 4.78 is 13.3. The van der Waals surface area contributed by atoms with Crippen LogP contribution in [0.3, 0.4) is 0 Å². The molecule has 2 heterocycles. The maximum absolute atomic E-state index is 13.0. The Labute approximate surface area is 199 Å². The van der Waals surface area contributed by atoms with Crippen molar-refractivity contribution in [2.75, 3.05) is 7.11 Å². The highest BCUT2D eigenvalue weighted by Gasteiger charge is 2.19. The van der Waals surface area contributed by atoms with E-state index < -0.39 is 0 Å². The third-order valence-corrected chi connectivity index (χ3v) is 5.61. The Morgan fingerprint density at radius 1 is 0.941 bits per heavy atom. The normalized spacial score (nSPS) is 10.7. The molecule has 0 atom stereocenters. The van der Waals surface area contributed by atoms with Gasteiger partial charge in [0, 0.05) is 24.6 Å². The van der Waals surface area contributed by atoms with E-state index in [9.17, 15) is 4.79 Å². The third-order valence-electron chi connectivity index (χ3n) is 5.61. The number of pyridine rings is 1. The fraction of sp³-hybridized carbons (Fsp3) is 0.222. The van der Waals surface area contributed by atoms with Crippen molar-refractivity contribution in [3.05, 3.63) is 107 Å². The summed E-state index contributed by atoms with van der Waals surface area (Å²) in [7, 11) is 1.60. The van der Waals surface area contributed by atoms with Gasteiger partial charge in [-0.1, -0.05) is 36.4 Å². The number of amides is 1. The average Bonchev–Trinajstić information content (AvgIpc) is 3.15. The molecule has 0 aliphatic heterocycles. The molecule has 174 valence electrons. The number of nitrogens with zero attached hydrogens (tertiary/aromatic N) is 3. The van der Waals surface area contributed by atoms with Crippen LogP contribution in [0.2, 0.25) is 0 Å². The zero-order chi connectivity index (χ0) is 23.9. The Hall–Kier alpha value is -4.13. The molecule has 4 aromatic rings. The van der Waals surface area contributed by atoms with Gasteiger partial charge in [-0.15, -0.1) is 0 Å². The molecule has 0 fully saturated rings. The number of aryl methyl sites for hydroxylation is 1. The number of nitrogens with one attached hydrogen (secondary N) is 1. The van der Waals surface area contributed by atoms with E-state index in [2.05, 4.69) is 15.4 Å². The molecular formula is C27H28N4O3. The summed E-state index contributed by atoms with van der Waals surface area (Å²) in [4.78, 5) is 17.0. The minimum absolute atomic E-state index is 0.147. The van der Waals surface area contributed by atoms with Gasteiger partial charge in [-0.25, -0.2) is 0 Å². The molecule has 0 radical (unpaired) electrons. The second kappa shape index (κ2) is 10.7. The first kappa shape index (κ1) is 23.0. The number of benzene rings is 2. The van der Waals surface area contributed by atoms with Gasteiger partial charge in [0.05, 0.1) is 24.9 Å². The Balaban J connectivity index is 1.40. The number of aromatic nitrogens is 3. The van der Waals surface area contributed by atoms with Crippen LogP contribution in [0.4, 0.5) is 0 Å². The van der Waals surface area contributed by atoms with Crippen LogP contribution in [0.5, 0.6) is 11.5 Å². The molecule has 2 aromatic heterocycles. The van der Waals surface area contributed by atoms with Gasteiger partial charge < -0.3 is 14.8 Å². The van der Waals surface area contributed by atoms with Gasteiger partial charge >= 0.3 is 0 Å². The van der Waals surface area contributed by atoms with E-state index in [1.807, 2.05) is 79.2 Å². The Morgan fingerprint density at radius 3 is 2.44 bits per heavy atom. The summed E-state index contributed by atoms with van der Waals surface area (Å²) in [6, 6.07) is 19.5. The summed E-state index contributed by atoms with van der Waals surface area (Å²) in [6.07, 6.45) is 3.47. The van der Waals surface area contributed by atoms with Crippen molar-refractivity contribution < 1.29 is 14.3 Å². The van der Waals surface area contributed by atoms with E-state index in [1.165, 1.54) is 0 Å². The quantitative estimate of drug-likeness (QED) is 0.402. The topological polar surface area (TPSA) is 78.3 Å². The highest BCUT2D eigenvalue weighted by atomic mass is 16.5. The highest BCUT2D eigenvalue weighted by Crippen LogP contribution is 2.29. The molecule has 0 bridgehead atoms. The van der Waals surface area contributed by atoms with Crippen LogP contribution in [-0.2, 0) is 19.7 Å². The standard InChI is InChI=1S/C27H28N4O3/c1-19-26(20(2)31(30-19)17-21-7-5-4-6-8-21)27(32)29-16-23-9-10-24(25(15-23)33-3)34-18-22-11-13-28-14-12-22/h4-15H,16-18H2,1-3H3,(H,29,32). The second-order valence-electron chi connectivity index (χ2n) is 8.00. The largest absolute Gasteiger partial charge is 0.493 e. The zero-order valence-corrected chi connectivity index (χ0v) is 19.6. The number of hydrogen-bond acceptors (Lipinski definition) is 5. The summed E-state index contributed by atoms with van der Waals surface area (Å²) in [6.45, 7) is 5.19. The maximum Gasteiger partial charge on any atom is 0.255 e. The maximum atomic E-state index is 13.0. The molecule has 0 saturated heterocycles. The summed E-state index contributed by atoms with van der Waals surface area (Å²) in [5.41, 5.74) is 5.23.